The molecule has 0 saturated carbocycles. The minimum atomic E-state index is 0.775. The Kier molecular flexibility index (Phi) is 4.36. The molecule has 0 aliphatic heterocycles. The quantitative estimate of drug-likeness (QED) is 0.705. The van der Waals surface area contributed by atoms with Crippen molar-refractivity contribution in [3.63, 3.8) is 0 Å². The van der Waals surface area contributed by atoms with Crippen molar-refractivity contribution in [3.05, 3.63) is 52.1 Å². The van der Waals surface area contributed by atoms with Crippen LogP contribution in [-0.2, 0) is 13.0 Å². The minimum absolute atomic E-state index is 0.775. The number of hydrogen-bond donors (Lipinski definition) is 1. The molecule has 0 atom stereocenters. The first-order chi connectivity index (χ1) is 10.3. The summed E-state index contributed by atoms with van der Waals surface area (Å²) in [5.74, 6) is 0. The Morgan fingerprint density at radius 3 is 2.86 bits per heavy atom. The highest BCUT2D eigenvalue weighted by Crippen LogP contribution is 2.24. The van der Waals surface area contributed by atoms with E-state index in [9.17, 15) is 0 Å². The molecule has 2 N–H and O–H groups in total. The molecule has 110 valence electrons. The smallest absolute Gasteiger partial charge is 0.113 e. The van der Waals surface area contributed by atoms with Gasteiger partial charge >= 0.3 is 0 Å². The number of aromatic nitrogens is 2. The molecule has 3 aromatic rings. The summed E-state index contributed by atoms with van der Waals surface area (Å²) in [6.45, 7) is 3.68. The van der Waals surface area contributed by atoms with E-state index in [1.807, 2.05) is 6.92 Å². The predicted octanol–water partition coefficient (Wildman–Crippen LogP) is 3.74. The highest BCUT2D eigenvalue weighted by atomic mass is 32.1. The number of hydrogen-bond acceptors (Lipinski definition) is 3. The number of fused-ring (bicyclic) bond motifs is 1. The van der Waals surface area contributed by atoms with E-state index in [1.54, 1.807) is 11.3 Å². The SMILES string of the molecule is Cc1csc(Cn2cc(CCCCN)c3ccccc32)n1. The van der Waals surface area contributed by atoms with Crippen molar-refractivity contribution in [2.45, 2.75) is 32.7 Å². The minimum Gasteiger partial charge on any atom is -0.340 e. The van der Waals surface area contributed by atoms with Crippen molar-refractivity contribution in [2.24, 2.45) is 5.73 Å². The highest BCUT2D eigenvalue weighted by molar-refractivity contribution is 7.09. The van der Waals surface area contributed by atoms with Crippen molar-refractivity contribution in [2.75, 3.05) is 6.54 Å². The Balaban J connectivity index is 1.90. The van der Waals surface area contributed by atoms with Gasteiger partial charge in [0.2, 0.25) is 0 Å². The summed E-state index contributed by atoms with van der Waals surface area (Å²) in [6.07, 6.45) is 5.63. The molecule has 0 unspecified atom stereocenters. The van der Waals surface area contributed by atoms with Gasteiger partial charge in [-0.15, -0.1) is 11.3 Å². The fraction of sp³-hybridized carbons (Fsp3) is 0.353. The predicted molar refractivity (Wildman–Crippen MR) is 89.9 cm³/mol. The number of benzene rings is 1. The maximum atomic E-state index is 5.60. The normalized spacial score (nSPS) is 11.3. The van der Waals surface area contributed by atoms with Crippen LogP contribution in [0.25, 0.3) is 10.9 Å². The van der Waals surface area contributed by atoms with E-state index in [-0.39, 0.29) is 0 Å². The molecule has 3 nitrogen and oxygen atoms in total. The lowest BCUT2D eigenvalue weighted by molar-refractivity contribution is 0.741. The van der Waals surface area contributed by atoms with Gasteiger partial charge in [-0.1, -0.05) is 18.2 Å². The van der Waals surface area contributed by atoms with Crippen molar-refractivity contribution < 1.29 is 0 Å². The first-order valence-corrected chi connectivity index (χ1v) is 8.33. The van der Waals surface area contributed by atoms with Gasteiger partial charge in [0.1, 0.15) is 5.01 Å². The van der Waals surface area contributed by atoms with Gasteiger partial charge < -0.3 is 10.3 Å². The summed E-state index contributed by atoms with van der Waals surface area (Å²) in [5.41, 5.74) is 9.43. The molecule has 0 bridgehead atoms. The molecule has 3 rings (SSSR count). The second-order valence-electron chi connectivity index (χ2n) is 5.43. The van der Waals surface area contributed by atoms with Gasteiger partial charge in [0.15, 0.2) is 0 Å². The standard InChI is InChI=1S/C17H21N3S/c1-13-12-21-17(19-13)11-20-10-14(6-4-5-9-18)15-7-2-3-8-16(15)20/h2-3,7-8,10,12H,4-6,9,11,18H2,1H3. The Morgan fingerprint density at radius 1 is 1.24 bits per heavy atom. The average molecular weight is 299 g/mol. The van der Waals surface area contributed by atoms with Crippen LogP contribution < -0.4 is 5.73 Å². The van der Waals surface area contributed by atoms with Crippen LogP contribution >= 0.6 is 11.3 Å². The monoisotopic (exact) mass is 299 g/mol. The third-order valence-electron chi connectivity index (χ3n) is 3.74. The number of nitrogens with zero attached hydrogens (tertiary/aromatic N) is 2. The Bertz CT molecular complexity index is 727. The maximum absolute atomic E-state index is 5.60. The van der Waals surface area contributed by atoms with E-state index in [1.165, 1.54) is 21.5 Å². The number of aryl methyl sites for hydroxylation is 2. The number of para-hydroxylation sites is 1. The van der Waals surface area contributed by atoms with E-state index in [0.717, 1.165) is 38.0 Å². The summed E-state index contributed by atoms with van der Waals surface area (Å²) in [4.78, 5) is 4.58. The van der Waals surface area contributed by atoms with Crippen molar-refractivity contribution in [1.29, 1.82) is 0 Å². The third kappa shape index (κ3) is 3.17. The number of nitrogens with two attached hydrogens (primary N) is 1. The molecular weight excluding hydrogens is 278 g/mol. The molecule has 0 aliphatic carbocycles. The zero-order chi connectivity index (χ0) is 14.7. The molecule has 4 heteroatoms. The first kappa shape index (κ1) is 14.3. The van der Waals surface area contributed by atoms with Gasteiger partial charge in [-0.25, -0.2) is 4.98 Å². The fourth-order valence-electron chi connectivity index (χ4n) is 2.73. The summed E-state index contributed by atoms with van der Waals surface area (Å²) in [5, 5.41) is 4.65. The van der Waals surface area contributed by atoms with Gasteiger partial charge in [0, 0.05) is 28.2 Å². The number of thiazole rings is 1. The molecule has 0 spiro atoms. The summed E-state index contributed by atoms with van der Waals surface area (Å²) < 4.78 is 2.32. The van der Waals surface area contributed by atoms with Gasteiger partial charge in [0.05, 0.1) is 6.54 Å². The highest BCUT2D eigenvalue weighted by Gasteiger charge is 2.09. The van der Waals surface area contributed by atoms with E-state index in [4.69, 9.17) is 5.73 Å². The van der Waals surface area contributed by atoms with Crippen molar-refractivity contribution in [1.82, 2.24) is 9.55 Å². The Labute approximate surface area is 129 Å². The molecule has 1 aromatic carbocycles. The molecule has 0 amide bonds. The molecule has 21 heavy (non-hydrogen) atoms. The number of unbranched alkanes of at least 4 members (excludes halogenated alkanes) is 1. The zero-order valence-electron chi connectivity index (χ0n) is 12.4. The van der Waals surface area contributed by atoms with Crippen LogP contribution in [0.1, 0.15) is 29.1 Å². The van der Waals surface area contributed by atoms with Gasteiger partial charge in [-0.05, 0) is 44.4 Å². The van der Waals surface area contributed by atoms with Crippen LogP contribution in [0.5, 0.6) is 0 Å². The van der Waals surface area contributed by atoms with Gasteiger partial charge in [0.25, 0.3) is 0 Å². The van der Waals surface area contributed by atoms with Crippen molar-refractivity contribution >= 4 is 22.2 Å². The van der Waals surface area contributed by atoms with E-state index >= 15 is 0 Å². The van der Waals surface area contributed by atoms with E-state index in [2.05, 4.69) is 45.4 Å². The molecule has 0 radical (unpaired) electrons. The summed E-state index contributed by atoms with van der Waals surface area (Å²) in [7, 11) is 0. The summed E-state index contributed by atoms with van der Waals surface area (Å²) >= 11 is 1.74. The second-order valence-corrected chi connectivity index (χ2v) is 6.37. The maximum Gasteiger partial charge on any atom is 0.113 e. The van der Waals surface area contributed by atoms with E-state index in [0.29, 0.717) is 0 Å². The molecule has 2 aromatic heterocycles. The number of rotatable bonds is 6. The Hall–Kier alpha value is -1.65. The van der Waals surface area contributed by atoms with Crippen LogP contribution in [0.3, 0.4) is 0 Å². The van der Waals surface area contributed by atoms with Crippen LogP contribution in [0.15, 0.2) is 35.8 Å². The zero-order valence-corrected chi connectivity index (χ0v) is 13.2. The van der Waals surface area contributed by atoms with Crippen molar-refractivity contribution in [3.8, 4) is 0 Å². The molecule has 0 fully saturated rings. The molecular formula is C17H21N3S. The fourth-order valence-corrected chi connectivity index (χ4v) is 3.50. The largest absolute Gasteiger partial charge is 0.340 e. The lowest BCUT2D eigenvalue weighted by Crippen LogP contribution is -1.99. The molecule has 2 heterocycles. The third-order valence-corrected chi connectivity index (χ3v) is 4.69. The van der Waals surface area contributed by atoms with Crippen LogP contribution in [0.4, 0.5) is 0 Å². The first-order valence-electron chi connectivity index (χ1n) is 7.46. The topological polar surface area (TPSA) is 43.8 Å². The average Bonchev–Trinajstić information content (AvgIpc) is 3.05. The molecule has 0 aliphatic rings. The lowest BCUT2D eigenvalue weighted by Gasteiger charge is -2.01. The van der Waals surface area contributed by atoms with E-state index < -0.39 is 0 Å². The lowest BCUT2D eigenvalue weighted by atomic mass is 10.1. The van der Waals surface area contributed by atoms with Gasteiger partial charge in [-0.3, -0.25) is 0 Å². The van der Waals surface area contributed by atoms with Gasteiger partial charge in [-0.2, -0.15) is 0 Å². The molecule has 0 saturated heterocycles. The van der Waals surface area contributed by atoms with Crippen LogP contribution in [0.2, 0.25) is 0 Å². The summed E-state index contributed by atoms with van der Waals surface area (Å²) in [6, 6.07) is 8.64. The Morgan fingerprint density at radius 2 is 2.10 bits per heavy atom. The van der Waals surface area contributed by atoms with Crippen LogP contribution in [0, 0.1) is 6.92 Å². The second kappa shape index (κ2) is 6.41. The van der Waals surface area contributed by atoms with Crippen LogP contribution in [-0.4, -0.2) is 16.1 Å².